The molecular formula is C24H33N2O+. The molecule has 0 bridgehead atoms. The van der Waals surface area contributed by atoms with Crippen LogP contribution in [-0.2, 0) is 4.79 Å². The first-order valence-electron chi connectivity index (χ1n) is 10.4. The van der Waals surface area contributed by atoms with Crippen LogP contribution in [0.5, 0.6) is 0 Å². The highest BCUT2D eigenvalue weighted by Crippen LogP contribution is 2.20. The van der Waals surface area contributed by atoms with Crippen LogP contribution in [0.2, 0.25) is 0 Å². The summed E-state index contributed by atoms with van der Waals surface area (Å²) in [6, 6.07) is 16.8. The summed E-state index contributed by atoms with van der Waals surface area (Å²) in [5.74, 6) is 0.0805. The molecule has 1 amide bonds. The van der Waals surface area contributed by atoms with Gasteiger partial charge in [-0.2, -0.15) is 0 Å². The van der Waals surface area contributed by atoms with Crippen molar-refractivity contribution in [3.8, 4) is 0 Å². The first kappa shape index (κ1) is 19.6. The van der Waals surface area contributed by atoms with Crippen molar-refractivity contribution < 1.29 is 10.1 Å². The van der Waals surface area contributed by atoms with Crippen molar-refractivity contribution in [1.29, 1.82) is 0 Å². The van der Waals surface area contributed by atoms with Gasteiger partial charge in [0.1, 0.15) is 0 Å². The summed E-state index contributed by atoms with van der Waals surface area (Å²) in [6.07, 6.45) is 8.99. The van der Waals surface area contributed by atoms with Gasteiger partial charge in [-0.15, -0.1) is 0 Å². The van der Waals surface area contributed by atoms with Crippen molar-refractivity contribution >= 4 is 11.6 Å². The Labute approximate surface area is 163 Å². The van der Waals surface area contributed by atoms with Crippen molar-refractivity contribution in [3.05, 3.63) is 65.2 Å². The molecule has 1 saturated carbocycles. The summed E-state index contributed by atoms with van der Waals surface area (Å²) < 4.78 is 0. The van der Waals surface area contributed by atoms with Gasteiger partial charge in [0.2, 0.25) is 0 Å². The van der Waals surface area contributed by atoms with Gasteiger partial charge < -0.3 is 10.6 Å². The van der Waals surface area contributed by atoms with E-state index < -0.39 is 0 Å². The number of benzene rings is 2. The molecule has 1 atom stereocenters. The molecule has 0 aromatic heterocycles. The predicted molar refractivity (Wildman–Crippen MR) is 112 cm³/mol. The van der Waals surface area contributed by atoms with Gasteiger partial charge in [-0.3, -0.25) is 4.79 Å². The van der Waals surface area contributed by atoms with Crippen LogP contribution in [-0.4, -0.2) is 11.9 Å². The smallest absolute Gasteiger partial charge is 0.287 e. The number of hydrogen-bond donors (Lipinski definition) is 2. The SMILES string of the molecule is Cc1ccc(C)c(NC(=O)[C@@H]([NH2+]C2CCCCCCC2)c2ccccc2)c1. The molecule has 0 unspecified atom stereocenters. The Morgan fingerprint density at radius 2 is 1.63 bits per heavy atom. The Morgan fingerprint density at radius 1 is 0.963 bits per heavy atom. The molecule has 0 radical (unpaired) electrons. The molecule has 0 heterocycles. The highest BCUT2D eigenvalue weighted by molar-refractivity contribution is 5.95. The number of quaternary nitrogens is 1. The summed E-state index contributed by atoms with van der Waals surface area (Å²) in [7, 11) is 0. The number of nitrogens with two attached hydrogens (primary N) is 1. The maximum atomic E-state index is 13.3. The minimum atomic E-state index is -0.199. The van der Waals surface area contributed by atoms with Gasteiger partial charge in [-0.25, -0.2) is 0 Å². The topological polar surface area (TPSA) is 45.7 Å². The third kappa shape index (κ3) is 5.67. The normalized spacial score (nSPS) is 17.0. The second kappa shape index (κ2) is 9.70. The molecule has 3 nitrogen and oxygen atoms in total. The molecule has 2 aromatic rings. The standard InChI is InChI=1S/C24H32N2O/c1-18-15-16-19(2)22(17-18)26-24(27)23(20-11-7-6-8-12-20)25-21-13-9-4-3-5-10-14-21/h6-8,11-12,15-17,21,23,25H,3-5,9-10,13-14H2,1-2H3,(H,26,27)/p+1/t23-/m0/s1. The number of hydrogen-bond acceptors (Lipinski definition) is 1. The van der Waals surface area contributed by atoms with Gasteiger partial charge in [0.15, 0.2) is 6.04 Å². The first-order chi connectivity index (χ1) is 13.1. The molecule has 27 heavy (non-hydrogen) atoms. The lowest BCUT2D eigenvalue weighted by Crippen LogP contribution is -2.92. The zero-order valence-corrected chi connectivity index (χ0v) is 16.7. The molecule has 1 aliphatic carbocycles. The van der Waals surface area contributed by atoms with Crippen LogP contribution in [0, 0.1) is 13.8 Å². The average Bonchev–Trinajstić information content (AvgIpc) is 2.64. The predicted octanol–water partition coefficient (Wildman–Crippen LogP) is 4.66. The Hall–Kier alpha value is -2.13. The van der Waals surface area contributed by atoms with E-state index in [2.05, 4.69) is 47.9 Å². The van der Waals surface area contributed by atoms with Gasteiger partial charge in [-0.05, 0) is 56.7 Å². The molecular weight excluding hydrogens is 332 g/mol. The molecule has 144 valence electrons. The van der Waals surface area contributed by atoms with Crippen molar-refractivity contribution in [2.24, 2.45) is 0 Å². The largest absolute Gasteiger partial charge is 0.330 e. The van der Waals surface area contributed by atoms with E-state index in [0.717, 1.165) is 22.4 Å². The number of aryl methyl sites for hydroxylation is 2. The summed E-state index contributed by atoms with van der Waals surface area (Å²) in [4.78, 5) is 13.3. The average molecular weight is 366 g/mol. The zero-order chi connectivity index (χ0) is 19.1. The van der Waals surface area contributed by atoms with E-state index in [1.165, 1.54) is 44.9 Å². The van der Waals surface area contributed by atoms with Crippen LogP contribution >= 0.6 is 0 Å². The molecule has 3 N–H and O–H groups in total. The second-order valence-electron chi connectivity index (χ2n) is 7.99. The van der Waals surface area contributed by atoms with E-state index in [0.29, 0.717) is 6.04 Å². The summed E-state index contributed by atoms with van der Waals surface area (Å²) >= 11 is 0. The molecule has 0 spiro atoms. The van der Waals surface area contributed by atoms with E-state index in [1.807, 2.05) is 25.1 Å². The Morgan fingerprint density at radius 3 is 2.33 bits per heavy atom. The summed E-state index contributed by atoms with van der Waals surface area (Å²) in [5.41, 5.74) is 4.28. The monoisotopic (exact) mass is 365 g/mol. The van der Waals surface area contributed by atoms with Crippen LogP contribution in [0.4, 0.5) is 5.69 Å². The quantitative estimate of drug-likeness (QED) is 0.795. The second-order valence-corrected chi connectivity index (χ2v) is 7.99. The molecule has 1 fully saturated rings. The number of carbonyl (C=O) groups is 1. The summed E-state index contributed by atoms with van der Waals surface area (Å²) in [6.45, 7) is 4.11. The maximum Gasteiger partial charge on any atom is 0.287 e. The third-order valence-electron chi connectivity index (χ3n) is 5.71. The first-order valence-corrected chi connectivity index (χ1v) is 10.4. The third-order valence-corrected chi connectivity index (χ3v) is 5.71. The Bertz CT molecular complexity index is 733. The number of rotatable bonds is 5. The van der Waals surface area contributed by atoms with Crippen LogP contribution < -0.4 is 10.6 Å². The minimum absolute atomic E-state index is 0.0805. The molecule has 1 aliphatic rings. The van der Waals surface area contributed by atoms with E-state index in [-0.39, 0.29) is 11.9 Å². The van der Waals surface area contributed by atoms with E-state index in [1.54, 1.807) is 0 Å². The van der Waals surface area contributed by atoms with Gasteiger partial charge in [-0.1, -0.05) is 61.7 Å². The molecule has 2 aromatic carbocycles. The number of anilines is 1. The molecule has 0 saturated heterocycles. The number of amides is 1. The van der Waals surface area contributed by atoms with Gasteiger partial charge >= 0.3 is 0 Å². The minimum Gasteiger partial charge on any atom is -0.330 e. The van der Waals surface area contributed by atoms with Crippen molar-refractivity contribution in [2.75, 3.05) is 5.32 Å². The van der Waals surface area contributed by atoms with Crippen LogP contribution in [0.1, 0.15) is 67.7 Å². The highest BCUT2D eigenvalue weighted by Gasteiger charge is 2.28. The van der Waals surface area contributed by atoms with Crippen LogP contribution in [0.3, 0.4) is 0 Å². The number of nitrogens with one attached hydrogen (secondary N) is 1. The number of carbonyl (C=O) groups excluding carboxylic acids is 1. The fourth-order valence-electron chi connectivity index (χ4n) is 4.04. The fourth-order valence-corrected chi connectivity index (χ4v) is 4.04. The van der Waals surface area contributed by atoms with Crippen molar-refractivity contribution in [2.45, 2.75) is 70.9 Å². The lowest BCUT2D eigenvalue weighted by Gasteiger charge is -2.24. The van der Waals surface area contributed by atoms with Crippen LogP contribution in [0.15, 0.2) is 48.5 Å². The zero-order valence-electron chi connectivity index (χ0n) is 16.7. The van der Waals surface area contributed by atoms with E-state index in [4.69, 9.17) is 0 Å². The van der Waals surface area contributed by atoms with Crippen molar-refractivity contribution in [1.82, 2.24) is 0 Å². The molecule has 3 heteroatoms. The fraction of sp³-hybridized carbons (Fsp3) is 0.458. The summed E-state index contributed by atoms with van der Waals surface area (Å²) in [5, 5.41) is 5.52. The molecule has 0 aliphatic heterocycles. The van der Waals surface area contributed by atoms with Gasteiger partial charge in [0, 0.05) is 11.3 Å². The van der Waals surface area contributed by atoms with Gasteiger partial charge in [0.25, 0.3) is 5.91 Å². The maximum absolute atomic E-state index is 13.3. The highest BCUT2D eigenvalue weighted by atomic mass is 16.2. The Balaban J connectivity index is 1.78. The van der Waals surface area contributed by atoms with E-state index in [9.17, 15) is 4.79 Å². The van der Waals surface area contributed by atoms with Crippen LogP contribution in [0.25, 0.3) is 0 Å². The van der Waals surface area contributed by atoms with E-state index >= 15 is 0 Å². The lowest BCUT2D eigenvalue weighted by molar-refractivity contribution is -0.716. The van der Waals surface area contributed by atoms with Crippen molar-refractivity contribution in [3.63, 3.8) is 0 Å². The lowest BCUT2D eigenvalue weighted by atomic mass is 9.95. The molecule has 3 rings (SSSR count). The van der Waals surface area contributed by atoms with Gasteiger partial charge in [0.05, 0.1) is 6.04 Å². The Kier molecular flexibility index (Phi) is 7.05.